The Kier molecular flexibility index (Phi) is 5.86. The Morgan fingerprint density at radius 2 is 1.97 bits per heavy atom. The zero-order chi connectivity index (χ0) is 21.2. The predicted octanol–water partition coefficient (Wildman–Crippen LogP) is 2.05. The van der Waals surface area contributed by atoms with E-state index in [9.17, 15) is 18.8 Å². The number of piperidine rings is 1. The van der Waals surface area contributed by atoms with Crippen molar-refractivity contribution >= 4 is 22.9 Å². The number of nitrogens with zero attached hydrogens (tertiary/aromatic N) is 3. The number of carbonyl (C=O) groups is 2. The maximum Gasteiger partial charge on any atom is 0.410 e. The summed E-state index contributed by atoms with van der Waals surface area (Å²) in [6.07, 6.45) is 2.12. The van der Waals surface area contributed by atoms with Crippen molar-refractivity contribution in [2.45, 2.75) is 51.8 Å². The Hall–Kier alpha value is -2.97. The maximum atomic E-state index is 13.4. The van der Waals surface area contributed by atoms with Crippen molar-refractivity contribution in [1.29, 1.82) is 0 Å². The molecule has 156 valence electrons. The first-order chi connectivity index (χ1) is 13.6. The van der Waals surface area contributed by atoms with Crippen molar-refractivity contribution < 1.29 is 18.7 Å². The zero-order valence-corrected chi connectivity index (χ0v) is 16.8. The molecule has 8 nitrogen and oxygen atoms in total. The van der Waals surface area contributed by atoms with Crippen molar-refractivity contribution in [1.82, 2.24) is 19.8 Å². The first-order valence-electron chi connectivity index (χ1n) is 9.54. The van der Waals surface area contributed by atoms with Crippen LogP contribution in [0.5, 0.6) is 0 Å². The quantitative estimate of drug-likeness (QED) is 0.845. The molecule has 0 atom stereocenters. The van der Waals surface area contributed by atoms with Crippen LogP contribution in [0.25, 0.3) is 10.9 Å². The van der Waals surface area contributed by atoms with Crippen molar-refractivity contribution in [2.75, 3.05) is 13.1 Å². The summed E-state index contributed by atoms with van der Waals surface area (Å²) in [5.74, 6) is -0.865. The highest BCUT2D eigenvalue weighted by Crippen LogP contribution is 2.15. The number of nitrogens with one attached hydrogen (secondary N) is 1. The molecule has 0 radical (unpaired) electrons. The minimum Gasteiger partial charge on any atom is -0.444 e. The number of carbonyl (C=O) groups excluding carboxylic acids is 2. The van der Waals surface area contributed by atoms with Gasteiger partial charge in [0.1, 0.15) is 18.0 Å². The van der Waals surface area contributed by atoms with Gasteiger partial charge in [0.25, 0.3) is 5.56 Å². The van der Waals surface area contributed by atoms with Crippen molar-refractivity contribution in [3.8, 4) is 0 Å². The Morgan fingerprint density at radius 1 is 1.28 bits per heavy atom. The Bertz CT molecular complexity index is 975. The van der Waals surface area contributed by atoms with Gasteiger partial charge in [0.2, 0.25) is 5.91 Å². The second-order valence-corrected chi connectivity index (χ2v) is 8.15. The molecular formula is C20H25FN4O4. The second-order valence-electron chi connectivity index (χ2n) is 8.15. The fourth-order valence-electron chi connectivity index (χ4n) is 3.20. The van der Waals surface area contributed by atoms with Gasteiger partial charge in [0, 0.05) is 19.1 Å². The van der Waals surface area contributed by atoms with Gasteiger partial charge in [-0.15, -0.1) is 0 Å². The number of hydrogen-bond acceptors (Lipinski definition) is 5. The van der Waals surface area contributed by atoms with Gasteiger partial charge < -0.3 is 15.0 Å². The van der Waals surface area contributed by atoms with Gasteiger partial charge >= 0.3 is 6.09 Å². The predicted molar refractivity (Wildman–Crippen MR) is 105 cm³/mol. The molecule has 3 rings (SSSR count). The molecule has 2 heterocycles. The largest absolute Gasteiger partial charge is 0.444 e. The van der Waals surface area contributed by atoms with E-state index in [2.05, 4.69) is 10.3 Å². The van der Waals surface area contributed by atoms with E-state index >= 15 is 0 Å². The van der Waals surface area contributed by atoms with Crippen LogP contribution in [-0.2, 0) is 16.1 Å². The lowest BCUT2D eigenvalue weighted by Gasteiger charge is -2.33. The molecular weight excluding hydrogens is 379 g/mol. The third-order valence-electron chi connectivity index (χ3n) is 4.61. The van der Waals surface area contributed by atoms with E-state index < -0.39 is 17.0 Å². The molecule has 0 aliphatic carbocycles. The SMILES string of the molecule is CC(C)(C)OC(=O)N1CCC(NC(=O)Cn2cnc3ccc(F)cc3c2=O)CC1. The van der Waals surface area contributed by atoms with E-state index in [-0.39, 0.29) is 30.0 Å². The van der Waals surface area contributed by atoms with Crippen LogP contribution in [0.15, 0.2) is 29.3 Å². The van der Waals surface area contributed by atoms with Gasteiger partial charge in [-0.05, 0) is 51.8 Å². The van der Waals surface area contributed by atoms with Crippen molar-refractivity contribution in [3.05, 3.63) is 40.7 Å². The first-order valence-corrected chi connectivity index (χ1v) is 9.54. The van der Waals surface area contributed by atoms with Gasteiger partial charge in [-0.25, -0.2) is 14.2 Å². The Morgan fingerprint density at radius 3 is 2.62 bits per heavy atom. The minimum atomic E-state index is -0.549. The van der Waals surface area contributed by atoms with E-state index in [4.69, 9.17) is 4.74 Å². The summed E-state index contributed by atoms with van der Waals surface area (Å²) < 4.78 is 19.9. The van der Waals surface area contributed by atoms with Crippen LogP contribution in [0, 0.1) is 5.82 Å². The van der Waals surface area contributed by atoms with Gasteiger partial charge in [-0.3, -0.25) is 14.2 Å². The van der Waals surface area contributed by atoms with E-state index in [1.54, 1.807) is 4.90 Å². The van der Waals surface area contributed by atoms with E-state index in [1.165, 1.54) is 18.5 Å². The molecule has 1 aliphatic rings. The van der Waals surface area contributed by atoms with Gasteiger partial charge in [0.15, 0.2) is 0 Å². The van der Waals surface area contributed by atoms with Crippen LogP contribution in [0.2, 0.25) is 0 Å². The first kappa shape index (κ1) is 20.8. The van der Waals surface area contributed by atoms with Crippen molar-refractivity contribution in [3.63, 3.8) is 0 Å². The molecule has 1 aromatic carbocycles. The summed E-state index contributed by atoms with van der Waals surface area (Å²) in [5.41, 5.74) is -0.640. The van der Waals surface area contributed by atoms with Crippen molar-refractivity contribution in [2.24, 2.45) is 0 Å². The van der Waals surface area contributed by atoms with E-state index in [0.717, 1.165) is 10.6 Å². The lowest BCUT2D eigenvalue weighted by atomic mass is 10.1. The number of amides is 2. The Balaban J connectivity index is 1.56. The number of aromatic nitrogens is 2. The molecule has 0 unspecified atom stereocenters. The number of fused-ring (bicyclic) bond motifs is 1. The zero-order valence-electron chi connectivity index (χ0n) is 16.8. The summed E-state index contributed by atoms with van der Waals surface area (Å²) >= 11 is 0. The number of ether oxygens (including phenoxy) is 1. The van der Waals surface area contributed by atoms with E-state index in [1.807, 2.05) is 20.8 Å². The van der Waals surface area contributed by atoms with Gasteiger partial charge in [0.05, 0.1) is 17.2 Å². The molecule has 2 amide bonds. The smallest absolute Gasteiger partial charge is 0.410 e. The normalized spacial score (nSPS) is 15.4. The number of halogens is 1. The molecule has 1 aliphatic heterocycles. The molecule has 9 heteroatoms. The van der Waals surface area contributed by atoms with Gasteiger partial charge in [-0.1, -0.05) is 0 Å². The van der Waals surface area contributed by atoms with Crippen LogP contribution in [0.4, 0.5) is 9.18 Å². The lowest BCUT2D eigenvalue weighted by molar-refractivity contribution is -0.122. The maximum absolute atomic E-state index is 13.4. The highest BCUT2D eigenvalue weighted by molar-refractivity contribution is 5.79. The third-order valence-corrected chi connectivity index (χ3v) is 4.61. The standard InChI is InChI=1S/C20H25FN4O4/c1-20(2,3)29-19(28)24-8-6-14(7-9-24)23-17(26)11-25-12-22-16-5-4-13(21)10-15(16)18(25)27/h4-5,10,12,14H,6-9,11H2,1-3H3,(H,23,26). The average Bonchev–Trinajstić information content (AvgIpc) is 2.63. The molecule has 1 N–H and O–H groups in total. The summed E-state index contributed by atoms with van der Waals surface area (Å²) in [6.45, 7) is 6.21. The molecule has 0 saturated carbocycles. The molecule has 1 saturated heterocycles. The Labute approximate surface area is 167 Å². The molecule has 29 heavy (non-hydrogen) atoms. The second kappa shape index (κ2) is 8.18. The van der Waals surface area contributed by atoms with Crippen LogP contribution in [0.3, 0.4) is 0 Å². The van der Waals surface area contributed by atoms with Crippen LogP contribution in [-0.4, -0.2) is 51.2 Å². The third kappa shape index (κ3) is 5.30. The monoisotopic (exact) mass is 404 g/mol. The topological polar surface area (TPSA) is 93.5 Å². The lowest BCUT2D eigenvalue weighted by Crippen LogP contribution is -2.48. The minimum absolute atomic E-state index is 0.0947. The number of benzene rings is 1. The van der Waals surface area contributed by atoms with E-state index in [0.29, 0.717) is 31.4 Å². The highest BCUT2D eigenvalue weighted by Gasteiger charge is 2.27. The number of rotatable bonds is 3. The number of likely N-dealkylation sites (tertiary alicyclic amines) is 1. The fourth-order valence-corrected chi connectivity index (χ4v) is 3.20. The average molecular weight is 404 g/mol. The number of hydrogen-bond donors (Lipinski definition) is 1. The fraction of sp³-hybridized carbons (Fsp3) is 0.500. The molecule has 2 aromatic rings. The molecule has 1 fully saturated rings. The van der Waals surface area contributed by atoms with Gasteiger partial charge in [-0.2, -0.15) is 0 Å². The van der Waals surface area contributed by atoms with Crippen LogP contribution < -0.4 is 10.9 Å². The van der Waals surface area contributed by atoms with Crippen LogP contribution in [0.1, 0.15) is 33.6 Å². The highest BCUT2D eigenvalue weighted by atomic mass is 19.1. The summed E-state index contributed by atoms with van der Waals surface area (Å²) in [5, 5.41) is 3.01. The molecule has 0 spiro atoms. The summed E-state index contributed by atoms with van der Waals surface area (Å²) in [4.78, 5) is 42.6. The summed E-state index contributed by atoms with van der Waals surface area (Å²) in [6, 6.07) is 3.68. The molecule has 0 bridgehead atoms. The summed E-state index contributed by atoms with van der Waals surface area (Å²) in [7, 11) is 0. The van der Waals surface area contributed by atoms with Crippen LogP contribution >= 0.6 is 0 Å². The molecule has 1 aromatic heterocycles.